The maximum atomic E-state index is 12.2. The van der Waals surface area contributed by atoms with E-state index in [1.165, 1.54) is 11.1 Å². The first-order valence-corrected chi connectivity index (χ1v) is 9.99. The van der Waals surface area contributed by atoms with E-state index in [1.807, 2.05) is 12.1 Å². The fourth-order valence-electron chi connectivity index (χ4n) is 3.27. The van der Waals surface area contributed by atoms with E-state index in [9.17, 15) is 14.7 Å². The molecule has 0 saturated carbocycles. The molecule has 0 fully saturated rings. The summed E-state index contributed by atoms with van der Waals surface area (Å²) in [6, 6.07) is 10.6. The zero-order valence-electron chi connectivity index (χ0n) is 15.3. The number of amides is 2. The molecule has 0 bridgehead atoms. The van der Waals surface area contributed by atoms with Crippen molar-refractivity contribution >= 4 is 35.0 Å². The Morgan fingerprint density at radius 3 is 2.57 bits per heavy atom. The molecule has 0 aliphatic heterocycles. The van der Waals surface area contributed by atoms with Crippen LogP contribution in [0.1, 0.15) is 46.0 Å². The van der Waals surface area contributed by atoms with Gasteiger partial charge in [-0.05, 0) is 66.6 Å². The van der Waals surface area contributed by atoms with Crippen molar-refractivity contribution < 1.29 is 14.7 Å². The molecule has 2 amide bonds. The van der Waals surface area contributed by atoms with Gasteiger partial charge in [-0.2, -0.15) is 0 Å². The average molecular weight is 421 g/mol. The van der Waals surface area contributed by atoms with E-state index in [-0.39, 0.29) is 24.9 Å². The molecule has 1 atom stereocenters. The number of carbonyl (C=O) groups is 2. The Balaban J connectivity index is 1.40. The lowest BCUT2D eigenvalue weighted by Crippen LogP contribution is -2.37. The average Bonchev–Trinajstić information content (AvgIpc) is 3.16. The summed E-state index contributed by atoms with van der Waals surface area (Å²) in [5.74, 6) is -0.573. The van der Waals surface area contributed by atoms with Crippen molar-refractivity contribution in [3.05, 3.63) is 68.7 Å². The number of aryl methyl sites for hydroxylation is 2. The first-order valence-electron chi connectivity index (χ1n) is 9.24. The topological polar surface area (TPSA) is 78.4 Å². The molecule has 148 valence electrons. The van der Waals surface area contributed by atoms with E-state index in [2.05, 4.69) is 10.6 Å². The van der Waals surface area contributed by atoms with Crippen molar-refractivity contribution in [1.29, 1.82) is 0 Å². The number of halogens is 2. The van der Waals surface area contributed by atoms with Crippen LogP contribution in [-0.2, 0) is 17.6 Å². The fourth-order valence-corrected chi connectivity index (χ4v) is 3.58. The summed E-state index contributed by atoms with van der Waals surface area (Å²) in [5.41, 5.74) is 3.72. The number of benzene rings is 2. The molecule has 1 aliphatic rings. The van der Waals surface area contributed by atoms with Crippen LogP contribution in [0, 0.1) is 0 Å². The van der Waals surface area contributed by atoms with Gasteiger partial charge in [-0.3, -0.25) is 9.59 Å². The third-order valence-electron chi connectivity index (χ3n) is 4.84. The van der Waals surface area contributed by atoms with Gasteiger partial charge in [-0.15, -0.1) is 0 Å². The van der Waals surface area contributed by atoms with Gasteiger partial charge < -0.3 is 15.7 Å². The predicted octanol–water partition coefficient (Wildman–Crippen LogP) is 3.45. The van der Waals surface area contributed by atoms with Gasteiger partial charge in [-0.25, -0.2) is 0 Å². The lowest BCUT2D eigenvalue weighted by molar-refractivity contribution is -0.120. The molecule has 0 saturated heterocycles. The molecule has 28 heavy (non-hydrogen) atoms. The van der Waals surface area contributed by atoms with Gasteiger partial charge >= 0.3 is 0 Å². The second-order valence-corrected chi connectivity index (χ2v) is 7.66. The smallest absolute Gasteiger partial charge is 0.251 e. The number of aliphatic hydroxyl groups is 1. The number of hydrogen-bond donors (Lipinski definition) is 3. The summed E-state index contributed by atoms with van der Waals surface area (Å²) >= 11 is 11.8. The second kappa shape index (κ2) is 9.41. The van der Waals surface area contributed by atoms with Gasteiger partial charge in [0.1, 0.15) is 0 Å². The molecule has 0 aromatic heterocycles. The van der Waals surface area contributed by atoms with Crippen LogP contribution < -0.4 is 10.6 Å². The largest absolute Gasteiger partial charge is 0.388 e. The summed E-state index contributed by atoms with van der Waals surface area (Å²) in [5, 5.41) is 16.3. The molecule has 1 aliphatic carbocycles. The lowest BCUT2D eigenvalue weighted by Gasteiger charge is -2.13. The zero-order chi connectivity index (χ0) is 20.1. The van der Waals surface area contributed by atoms with Gasteiger partial charge in [0.2, 0.25) is 5.91 Å². The Hall–Kier alpha value is -2.08. The van der Waals surface area contributed by atoms with Crippen molar-refractivity contribution in [3.63, 3.8) is 0 Å². The van der Waals surface area contributed by atoms with Crippen LogP contribution in [0.5, 0.6) is 0 Å². The summed E-state index contributed by atoms with van der Waals surface area (Å²) in [6.07, 6.45) is 2.74. The van der Waals surface area contributed by atoms with Crippen molar-refractivity contribution in [2.24, 2.45) is 0 Å². The fraction of sp³-hybridized carbons (Fsp3) is 0.333. The van der Waals surface area contributed by atoms with Gasteiger partial charge in [-0.1, -0.05) is 35.3 Å². The highest BCUT2D eigenvalue weighted by Crippen LogP contribution is 2.26. The number of carbonyl (C=O) groups excluding carboxylic acids is 2. The normalized spacial score (nSPS) is 13.7. The van der Waals surface area contributed by atoms with Gasteiger partial charge in [0, 0.05) is 12.1 Å². The van der Waals surface area contributed by atoms with E-state index < -0.39 is 6.10 Å². The highest BCUT2D eigenvalue weighted by molar-refractivity contribution is 6.42. The van der Waals surface area contributed by atoms with Crippen LogP contribution in [0.2, 0.25) is 10.0 Å². The highest BCUT2D eigenvalue weighted by Gasteiger charge is 2.15. The highest BCUT2D eigenvalue weighted by atomic mass is 35.5. The minimum Gasteiger partial charge on any atom is -0.388 e. The van der Waals surface area contributed by atoms with Crippen molar-refractivity contribution in [2.45, 2.75) is 31.8 Å². The van der Waals surface area contributed by atoms with Crippen LogP contribution in [0.3, 0.4) is 0 Å². The minimum atomic E-state index is -0.768. The van der Waals surface area contributed by atoms with Crippen LogP contribution in [0.25, 0.3) is 0 Å². The summed E-state index contributed by atoms with van der Waals surface area (Å²) in [4.78, 5) is 24.2. The van der Waals surface area contributed by atoms with Gasteiger partial charge in [0.25, 0.3) is 5.91 Å². The van der Waals surface area contributed by atoms with E-state index in [1.54, 1.807) is 24.3 Å². The van der Waals surface area contributed by atoms with Gasteiger partial charge in [0.15, 0.2) is 0 Å². The SMILES string of the molecule is O=C(CNC(=O)c1ccc2c(c1)CCC2)NCCC(O)c1ccc(Cl)c(Cl)c1. The molecule has 7 heteroatoms. The van der Waals surface area contributed by atoms with E-state index in [0.717, 1.165) is 19.3 Å². The molecule has 0 radical (unpaired) electrons. The van der Waals surface area contributed by atoms with Crippen LogP contribution in [0.4, 0.5) is 0 Å². The lowest BCUT2D eigenvalue weighted by atomic mass is 10.1. The Kier molecular flexibility index (Phi) is 6.94. The summed E-state index contributed by atoms with van der Waals surface area (Å²) in [7, 11) is 0. The number of rotatable bonds is 7. The molecule has 0 spiro atoms. The Morgan fingerprint density at radius 2 is 1.79 bits per heavy atom. The van der Waals surface area contributed by atoms with Crippen molar-refractivity contribution in [2.75, 3.05) is 13.1 Å². The molecule has 2 aromatic carbocycles. The third-order valence-corrected chi connectivity index (χ3v) is 5.58. The number of aliphatic hydroxyl groups excluding tert-OH is 1. The van der Waals surface area contributed by atoms with E-state index >= 15 is 0 Å². The standard InChI is InChI=1S/C21H22Cl2N2O3/c22-17-7-6-15(11-18(17)23)19(26)8-9-24-20(27)12-25-21(28)16-5-4-13-2-1-3-14(13)10-16/h4-7,10-11,19,26H,1-3,8-9,12H2,(H,24,27)(H,25,28). The Morgan fingerprint density at radius 1 is 1.00 bits per heavy atom. The minimum absolute atomic E-state index is 0.112. The second-order valence-electron chi connectivity index (χ2n) is 6.85. The first-order chi connectivity index (χ1) is 13.4. The molecular formula is C21H22Cl2N2O3. The number of fused-ring (bicyclic) bond motifs is 1. The first kappa shape index (κ1) is 20.6. The molecule has 0 heterocycles. The molecule has 5 nitrogen and oxygen atoms in total. The van der Waals surface area contributed by atoms with E-state index in [4.69, 9.17) is 23.2 Å². The predicted molar refractivity (Wildman–Crippen MR) is 110 cm³/mol. The van der Waals surface area contributed by atoms with Crippen LogP contribution in [0.15, 0.2) is 36.4 Å². The van der Waals surface area contributed by atoms with Crippen LogP contribution in [-0.4, -0.2) is 30.0 Å². The van der Waals surface area contributed by atoms with Crippen molar-refractivity contribution in [3.8, 4) is 0 Å². The molecule has 2 aromatic rings. The monoisotopic (exact) mass is 420 g/mol. The quantitative estimate of drug-likeness (QED) is 0.641. The van der Waals surface area contributed by atoms with Crippen LogP contribution >= 0.6 is 23.2 Å². The molecule has 3 N–H and O–H groups in total. The number of hydrogen-bond acceptors (Lipinski definition) is 3. The Bertz CT molecular complexity index is 886. The Labute approximate surface area is 174 Å². The summed E-state index contributed by atoms with van der Waals surface area (Å²) < 4.78 is 0. The maximum absolute atomic E-state index is 12.2. The van der Waals surface area contributed by atoms with E-state index in [0.29, 0.717) is 27.6 Å². The zero-order valence-corrected chi connectivity index (χ0v) is 16.8. The molecule has 1 unspecified atom stereocenters. The molecule has 3 rings (SSSR count). The number of nitrogens with one attached hydrogen (secondary N) is 2. The third kappa shape index (κ3) is 5.25. The van der Waals surface area contributed by atoms with Gasteiger partial charge in [0.05, 0.1) is 22.7 Å². The molecular weight excluding hydrogens is 399 g/mol. The maximum Gasteiger partial charge on any atom is 0.251 e. The summed E-state index contributed by atoms with van der Waals surface area (Å²) in [6.45, 7) is 0.160. The van der Waals surface area contributed by atoms with Crippen molar-refractivity contribution in [1.82, 2.24) is 10.6 Å².